The molecule has 2 aromatic rings. The van der Waals surface area contributed by atoms with Gasteiger partial charge in [0.05, 0.1) is 0 Å². The normalized spacial score (nSPS) is 10.3. The monoisotopic (exact) mass is 287 g/mol. The fourth-order valence-corrected chi connectivity index (χ4v) is 1.73. The van der Waals surface area contributed by atoms with Crippen LogP contribution < -0.4 is 4.74 Å². The highest BCUT2D eigenvalue weighted by atomic mass is 35.5. The van der Waals surface area contributed by atoms with Gasteiger partial charge in [0.2, 0.25) is 5.88 Å². The molecule has 0 radical (unpaired) electrons. The van der Waals surface area contributed by atoms with Crippen molar-refractivity contribution in [2.45, 2.75) is 5.88 Å². The molecule has 2 rings (SSSR count). The number of aromatic nitrogens is 1. The molecular weight excluding hydrogens is 280 g/mol. The summed E-state index contributed by atoms with van der Waals surface area (Å²) < 4.78 is 5.52. The maximum absolute atomic E-state index is 6.02. The number of hydrogen-bond acceptors (Lipinski definition) is 2. The Bertz CT molecular complexity index is 514. The Labute approximate surface area is 114 Å². The zero-order chi connectivity index (χ0) is 12.3. The van der Waals surface area contributed by atoms with Crippen LogP contribution in [-0.4, -0.2) is 4.98 Å². The molecule has 88 valence electrons. The molecule has 0 bridgehead atoms. The van der Waals surface area contributed by atoms with E-state index in [4.69, 9.17) is 39.5 Å². The summed E-state index contributed by atoms with van der Waals surface area (Å²) in [7, 11) is 0. The second-order valence-corrected chi connectivity index (χ2v) is 4.43. The third-order valence-electron chi connectivity index (χ3n) is 2.05. The lowest BCUT2D eigenvalue weighted by Gasteiger charge is -2.07. The SMILES string of the molecule is ClCc1cnc(Oc2ccc(Cl)cc2)c(Cl)c1. The van der Waals surface area contributed by atoms with Crippen molar-refractivity contribution >= 4 is 34.8 Å². The van der Waals surface area contributed by atoms with E-state index in [1.165, 1.54) is 0 Å². The van der Waals surface area contributed by atoms with Crippen LogP contribution in [0.15, 0.2) is 36.5 Å². The zero-order valence-corrected chi connectivity index (χ0v) is 10.9. The van der Waals surface area contributed by atoms with Crippen LogP contribution in [0.25, 0.3) is 0 Å². The van der Waals surface area contributed by atoms with Crippen molar-refractivity contribution < 1.29 is 4.74 Å². The quantitative estimate of drug-likeness (QED) is 0.748. The van der Waals surface area contributed by atoms with Gasteiger partial charge in [0, 0.05) is 17.1 Å². The second-order valence-electron chi connectivity index (χ2n) is 3.32. The van der Waals surface area contributed by atoms with E-state index in [1.54, 1.807) is 36.5 Å². The number of halogens is 3. The predicted molar refractivity (Wildman–Crippen MR) is 70.3 cm³/mol. The van der Waals surface area contributed by atoms with Crippen LogP contribution in [-0.2, 0) is 5.88 Å². The summed E-state index contributed by atoms with van der Waals surface area (Å²) in [5.74, 6) is 1.35. The van der Waals surface area contributed by atoms with E-state index in [0.717, 1.165) is 5.56 Å². The van der Waals surface area contributed by atoms with Crippen molar-refractivity contribution in [3.63, 3.8) is 0 Å². The van der Waals surface area contributed by atoms with Gasteiger partial charge in [-0.25, -0.2) is 4.98 Å². The maximum Gasteiger partial charge on any atom is 0.238 e. The van der Waals surface area contributed by atoms with E-state index in [0.29, 0.717) is 27.6 Å². The molecule has 0 fully saturated rings. The molecule has 0 spiro atoms. The molecule has 0 saturated carbocycles. The summed E-state index contributed by atoms with van der Waals surface area (Å²) in [5, 5.41) is 1.08. The Morgan fingerprint density at radius 2 is 1.82 bits per heavy atom. The van der Waals surface area contributed by atoms with Gasteiger partial charge in [0.1, 0.15) is 10.8 Å². The van der Waals surface area contributed by atoms with E-state index in [1.807, 2.05) is 0 Å². The van der Waals surface area contributed by atoms with Gasteiger partial charge in [-0.15, -0.1) is 11.6 Å². The molecule has 0 unspecified atom stereocenters. The number of benzene rings is 1. The van der Waals surface area contributed by atoms with Gasteiger partial charge in [0.25, 0.3) is 0 Å². The maximum atomic E-state index is 6.02. The molecule has 5 heteroatoms. The van der Waals surface area contributed by atoms with E-state index in [9.17, 15) is 0 Å². The Morgan fingerprint density at radius 3 is 2.41 bits per heavy atom. The fraction of sp³-hybridized carbons (Fsp3) is 0.0833. The van der Waals surface area contributed by atoms with Gasteiger partial charge in [-0.3, -0.25) is 0 Å². The molecule has 0 atom stereocenters. The average molecular weight is 289 g/mol. The first-order valence-corrected chi connectivity index (χ1v) is 6.12. The Kier molecular flexibility index (Phi) is 4.11. The minimum Gasteiger partial charge on any atom is -0.438 e. The van der Waals surface area contributed by atoms with Crippen molar-refractivity contribution in [1.29, 1.82) is 0 Å². The topological polar surface area (TPSA) is 22.1 Å². The minimum absolute atomic E-state index is 0.350. The van der Waals surface area contributed by atoms with Crippen molar-refractivity contribution in [2.75, 3.05) is 0 Å². The molecule has 0 saturated heterocycles. The summed E-state index contributed by atoms with van der Waals surface area (Å²) in [4.78, 5) is 4.10. The summed E-state index contributed by atoms with van der Waals surface area (Å²) in [6.07, 6.45) is 1.63. The van der Waals surface area contributed by atoms with Crippen LogP contribution in [0, 0.1) is 0 Å². The molecule has 1 heterocycles. The van der Waals surface area contributed by atoms with E-state index in [2.05, 4.69) is 4.98 Å². The first-order chi connectivity index (χ1) is 8.19. The highest BCUT2D eigenvalue weighted by Gasteiger charge is 2.06. The largest absolute Gasteiger partial charge is 0.438 e. The first kappa shape index (κ1) is 12.5. The second kappa shape index (κ2) is 5.58. The Morgan fingerprint density at radius 1 is 1.12 bits per heavy atom. The number of ether oxygens (including phenoxy) is 1. The van der Waals surface area contributed by atoms with Crippen LogP contribution in [0.1, 0.15) is 5.56 Å². The van der Waals surface area contributed by atoms with Gasteiger partial charge in [-0.05, 0) is 35.9 Å². The van der Waals surface area contributed by atoms with Crippen LogP contribution in [0.3, 0.4) is 0 Å². The molecule has 0 N–H and O–H groups in total. The first-order valence-electron chi connectivity index (χ1n) is 4.83. The van der Waals surface area contributed by atoms with Gasteiger partial charge in [-0.2, -0.15) is 0 Å². The number of alkyl halides is 1. The smallest absolute Gasteiger partial charge is 0.238 e. The third kappa shape index (κ3) is 3.25. The van der Waals surface area contributed by atoms with Crippen molar-refractivity contribution in [3.05, 3.63) is 52.1 Å². The fourth-order valence-electron chi connectivity index (χ4n) is 1.23. The lowest BCUT2D eigenvalue weighted by atomic mass is 10.3. The van der Waals surface area contributed by atoms with Crippen LogP contribution in [0.2, 0.25) is 10.0 Å². The average Bonchev–Trinajstić information content (AvgIpc) is 2.34. The molecule has 0 aliphatic rings. The molecule has 1 aromatic carbocycles. The number of hydrogen-bond donors (Lipinski definition) is 0. The standard InChI is InChI=1S/C12H8Cl3NO/c13-6-8-5-11(15)12(16-7-8)17-10-3-1-9(14)2-4-10/h1-5,7H,6H2. The zero-order valence-electron chi connectivity index (χ0n) is 8.66. The van der Waals surface area contributed by atoms with Crippen molar-refractivity contribution in [2.24, 2.45) is 0 Å². The van der Waals surface area contributed by atoms with Crippen LogP contribution in [0.5, 0.6) is 11.6 Å². The van der Waals surface area contributed by atoms with E-state index < -0.39 is 0 Å². The van der Waals surface area contributed by atoms with Crippen molar-refractivity contribution in [3.8, 4) is 11.6 Å². The summed E-state index contributed by atoms with van der Waals surface area (Å²) >= 11 is 17.5. The lowest BCUT2D eigenvalue weighted by Crippen LogP contribution is -1.90. The van der Waals surface area contributed by atoms with Gasteiger partial charge >= 0.3 is 0 Å². The summed E-state index contributed by atoms with van der Waals surface area (Å²) in [5.41, 5.74) is 0.847. The summed E-state index contributed by atoms with van der Waals surface area (Å²) in [6.45, 7) is 0. The molecule has 2 nitrogen and oxygen atoms in total. The Hall–Kier alpha value is -0.960. The predicted octanol–water partition coefficient (Wildman–Crippen LogP) is 4.92. The van der Waals surface area contributed by atoms with Gasteiger partial charge in [-0.1, -0.05) is 23.2 Å². The highest BCUT2D eigenvalue weighted by molar-refractivity contribution is 6.32. The summed E-state index contributed by atoms with van der Waals surface area (Å²) in [6, 6.07) is 8.69. The number of nitrogens with zero attached hydrogens (tertiary/aromatic N) is 1. The lowest BCUT2D eigenvalue weighted by molar-refractivity contribution is 0.463. The van der Waals surface area contributed by atoms with Crippen LogP contribution >= 0.6 is 34.8 Å². The molecule has 0 aliphatic carbocycles. The molecule has 0 amide bonds. The number of rotatable bonds is 3. The van der Waals surface area contributed by atoms with Crippen molar-refractivity contribution in [1.82, 2.24) is 4.98 Å². The Balaban J connectivity index is 2.21. The third-order valence-corrected chi connectivity index (χ3v) is 2.88. The molecular formula is C12H8Cl3NO. The minimum atomic E-state index is 0.350. The molecule has 1 aromatic heterocycles. The van der Waals surface area contributed by atoms with E-state index >= 15 is 0 Å². The molecule has 0 aliphatic heterocycles. The van der Waals surface area contributed by atoms with Gasteiger partial charge < -0.3 is 4.74 Å². The van der Waals surface area contributed by atoms with Crippen LogP contribution in [0.4, 0.5) is 0 Å². The van der Waals surface area contributed by atoms with Gasteiger partial charge in [0.15, 0.2) is 0 Å². The highest BCUT2D eigenvalue weighted by Crippen LogP contribution is 2.28. The molecule has 17 heavy (non-hydrogen) atoms. The number of pyridine rings is 1. The van der Waals surface area contributed by atoms with E-state index in [-0.39, 0.29) is 0 Å².